The highest BCUT2D eigenvalue weighted by molar-refractivity contribution is 5.66. The summed E-state index contributed by atoms with van der Waals surface area (Å²) in [6.07, 6.45) is 25.2. The summed E-state index contributed by atoms with van der Waals surface area (Å²) in [5.74, 6) is -0.727. The molecule has 0 saturated heterocycles. The predicted molar refractivity (Wildman–Crippen MR) is 97.3 cm³/mol. The molecule has 0 bridgehead atoms. The molecule has 0 aromatic carbocycles. The number of aliphatic carboxylic acids is 1. The van der Waals surface area contributed by atoms with Crippen LogP contribution in [0.1, 0.15) is 51.9 Å². The van der Waals surface area contributed by atoms with E-state index in [1.165, 1.54) is 0 Å². The summed E-state index contributed by atoms with van der Waals surface area (Å²) in [6, 6.07) is 0. The SMILES string of the molecule is CCC(O)/C=C/C=C/C/C=C\C/C=C\C/C=C\CCCC(=O)O. The van der Waals surface area contributed by atoms with Crippen molar-refractivity contribution in [2.45, 2.75) is 58.0 Å². The number of unbranched alkanes of at least 4 members (excludes halogenated alkanes) is 1. The molecule has 0 saturated carbocycles. The van der Waals surface area contributed by atoms with Crippen molar-refractivity contribution in [2.24, 2.45) is 0 Å². The Kier molecular flexibility index (Phi) is 15.2. The van der Waals surface area contributed by atoms with Crippen LogP contribution < -0.4 is 0 Å². The fourth-order valence-corrected chi connectivity index (χ4v) is 1.69. The summed E-state index contributed by atoms with van der Waals surface area (Å²) in [7, 11) is 0. The van der Waals surface area contributed by atoms with Crippen LogP contribution in [0.2, 0.25) is 0 Å². The number of aliphatic hydroxyl groups excluding tert-OH is 1. The average molecular weight is 318 g/mol. The van der Waals surface area contributed by atoms with E-state index < -0.39 is 5.97 Å². The molecule has 0 aliphatic carbocycles. The van der Waals surface area contributed by atoms with Gasteiger partial charge in [0, 0.05) is 6.42 Å². The van der Waals surface area contributed by atoms with Crippen molar-refractivity contribution in [3.63, 3.8) is 0 Å². The molecule has 3 nitrogen and oxygen atoms in total. The van der Waals surface area contributed by atoms with E-state index in [1.54, 1.807) is 6.08 Å². The molecule has 0 amide bonds. The second kappa shape index (κ2) is 16.5. The summed E-state index contributed by atoms with van der Waals surface area (Å²) in [5, 5.41) is 17.8. The van der Waals surface area contributed by atoms with Gasteiger partial charge in [0.25, 0.3) is 0 Å². The third-order valence-corrected chi connectivity index (χ3v) is 3.08. The quantitative estimate of drug-likeness (QED) is 0.286. The van der Waals surface area contributed by atoms with Crippen LogP contribution in [0.15, 0.2) is 60.8 Å². The molecule has 0 radical (unpaired) electrons. The topological polar surface area (TPSA) is 57.5 Å². The van der Waals surface area contributed by atoms with Crippen molar-refractivity contribution < 1.29 is 15.0 Å². The molecular weight excluding hydrogens is 288 g/mol. The van der Waals surface area contributed by atoms with Gasteiger partial charge in [-0.15, -0.1) is 0 Å². The van der Waals surface area contributed by atoms with E-state index in [4.69, 9.17) is 5.11 Å². The first-order valence-electron chi connectivity index (χ1n) is 8.35. The molecule has 1 unspecified atom stereocenters. The Bertz CT molecular complexity index is 428. The van der Waals surface area contributed by atoms with E-state index in [0.717, 1.165) is 32.1 Å². The maximum atomic E-state index is 10.3. The average Bonchev–Trinajstić information content (AvgIpc) is 2.53. The molecule has 2 N–H and O–H groups in total. The summed E-state index contributed by atoms with van der Waals surface area (Å²) in [4.78, 5) is 10.3. The molecule has 0 heterocycles. The Balaban J connectivity index is 3.55. The molecule has 0 aliphatic rings. The molecule has 0 rings (SSSR count). The van der Waals surface area contributed by atoms with E-state index in [2.05, 4.69) is 36.5 Å². The summed E-state index contributed by atoms with van der Waals surface area (Å²) in [6.45, 7) is 1.95. The van der Waals surface area contributed by atoms with Gasteiger partial charge in [-0.05, 0) is 38.5 Å². The van der Waals surface area contributed by atoms with Gasteiger partial charge in [0.2, 0.25) is 0 Å². The Morgan fingerprint density at radius 2 is 1.48 bits per heavy atom. The van der Waals surface area contributed by atoms with Crippen LogP contribution in [0.5, 0.6) is 0 Å². The molecule has 0 aromatic rings. The van der Waals surface area contributed by atoms with Crippen LogP contribution in [-0.4, -0.2) is 22.3 Å². The predicted octanol–water partition coefficient (Wildman–Crippen LogP) is 4.96. The number of carboxylic acid groups (broad SMARTS) is 1. The van der Waals surface area contributed by atoms with Crippen LogP contribution in [0.25, 0.3) is 0 Å². The molecular formula is C20H30O3. The van der Waals surface area contributed by atoms with Crippen molar-refractivity contribution in [1.82, 2.24) is 0 Å². The fourth-order valence-electron chi connectivity index (χ4n) is 1.69. The highest BCUT2D eigenvalue weighted by Crippen LogP contribution is 1.99. The van der Waals surface area contributed by atoms with Crippen molar-refractivity contribution in [3.05, 3.63) is 60.8 Å². The standard InChI is InChI=1S/C20H30O3/c1-2-19(21)17-15-13-11-9-7-5-3-4-6-8-10-12-14-16-18-20(22)23/h4-7,10-13,15,17,19,21H,2-3,8-9,14,16,18H2,1H3,(H,22,23)/b6-4-,7-5-,12-10-,13-11+,17-15+. The lowest BCUT2D eigenvalue weighted by Gasteiger charge is -1.95. The molecule has 0 aliphatic heterocycles. The van der Waals surface area contributed by atoms with E-state index in [9.17, 15) is 9.90 Å². The van der Waals surface area contributed by atoms with Crippen LogP contribution in [0, 0.1) is 0 Å². The van der Waals surface area contributed by atoms with Gasteiger partial charge in [-0.3, -0.25) is 4.79 Å². The van der Waals surface area contributed by atoms with E-state index in [0.29, 0.717) is 6.42 Å². The second-order valence-corrected chi connectivity index (χ2v) is 5.20. The second-order valence-electron chi connectivity index (χ2n) is 5.20. The minimum atomic E-state index is -0.727. The Morgan fingerprint density at radius 3 is 2.04 bits per heavy atom. The van der Waals surface area contributed by atoms with Crippen LogP contribution in [-0.2, 0) is 4.79 Å². The lowest BCUT2D eigenvalue weighted by Crippen LogP contribution is -1.97. The zero-order chi connectivity index (χ0) is 17.2. The number of allylic oxidation sites excluding steroid dienone is 9. The molecule has 3 heteroatoms. The molecule has 0 aromatic heterocycles. The highest BCUT2D eigenvalue weighted by atomic mass is 16.4. The van der Waals surface area contributed by atoms with Gasteiger partial charge >= 0.3 is 5.97 Å². The maximum Gasteiger partial charge on any atom is 0.303 e. The van der Waals surface area contributed by atoms with Crippen LogP contribution in [0.3, 0.4) is 0 Å². The van der Waals surface area contributed by atoms with E-state index >= 15 is 0 Å². The van der Waals surface area contributed by atoms with Crippen LogP contribution in [0.4, 0.5) is 0 Å². The largest absolute Gasteiger partial charge is 0.481 e. The van der Waals surface area contributed by atoms with Gasteiger partial charge in [-0.2, -0.15) is 0 Å². The summed E-state index contributed by atoms with van der Waals surface area (Å²) < 4.78 is 0. The van der Waals surface area contributed by atoms with Crippen molar-refractivity contribution in [1.29, 1.82) is 0 Å². The van der Waals surface area contributed by atoms with Gasteiger partial charge < -0.3 is 10.2 Å². The molecule has 1 atom stereocenters. The van der Waals surface area contributed by atoms with E-state index in [1.807, 2.05) is 25.2 Å². The Hall–Kier alpha value is -1.87. The minimum Gasteiger partial charge on any atom is -0.481 e. The molecule has 0 spiro atoms. The smallest absolute Gasteiger partial charge is 0.303 e. The number of hydrogen-bond acceptors (Lipinski definition) is 2. The van der Waals surface area contributed by atoms with Crippen molar-refractivity contribution >= 4 is 5.97 Å². The number of carboxylic acids is 1. The lowest BCUT2D eigenvalue weighted by molar-refractivity contribution is -0.137. The minimum absolute atomic E-state index is 0.244. The van der Waals surface area contributed by atoms with Gasteiger partial charge in [-0.1, -0.05) is 67.7 Å². The third kappa shape index (κ3) is 18.1. The normalized spacial score (nSPS) is 14.2. The first-order chi connectivity index (χ1) is 11.2. The molecule has 23 heavy (non-hydrogen) atoms. The zero-order valence-electron chi connectivity index (χ0n) is 14.1. The number of carbonyl (C=O) groups is 1. The lowest BCUT2D eigenvalue weighted by atomic mass is 10.2. The highest BCUT2D eigenvalue weighted by Gasteiger charge is 1.92. The van der Waals surface area contributed by atoms with Crippen LogP contribution >= 0.6 is 0 Å². The van der Waals surface area contributed by atoms with Gasteiger partial charge in [-0.25, -0.2) is 0 Å². The summed E-state index contributed by atoms with van der Waals surface area (Å²) in [5.41, 5.74) is 0. The number of rotatable bonds is 13. The van der Waals surface area contributed by atoms with Crippen molar-refractivity contribution in [2.75, 3.05) is 0 Å². The maximum absolute atomic E-state index is 10.3. The zero-order valence-corrected chi connectivity index (χ0v) is 14.1. The monoisotopic (exact) mass is 318 g/mol. The number of hydrogen-bond donors (Lipinski definition) is 2. The fraction of sp³-hybridized carbons (Fsp3) is 0.450. The number of aliphatic hydroxyl groups is 1. The molecule has 128 valence electrons. The first kappa shape index (κ1) is 21.1. The first-order valence-corrected chi connectivity index (χ1v) is 8.35. The van der Waals surface area contributed by atoms with E-state index in [-0.39, 0.29) is 12.5 Å². The molecule has 0 fully saturated rings. The Morgan fingerprint density at radius 1 is 0.913 bits per heavy atom. The van der Waals surface area contributed by atoms with Gasteiger partial charge in [0.15, 0.2) is 0 Å². The summed E-state index contributed by atoms with van der Waals surface area (Å²) >= 11 is 0. The van der Waals surface area contributed by atoms with Gasteiger partial charge in [0.05, 0.1) is 6.10 Å². The third-order valence-electron chi connectivity index (χ3n) is 3.08. The van der Waals surface area contributed by atoms with Crippen molar-refractivity contribution in [3.8, 4) is 0 Å². The Labute approximate surface area is 140 Å². The van der Waals surface area contributed by atoms with Gasteiger partial charge in [0.1, 0.15) is 0 Å².